The number of anilines is 1. The average Bonchev–Trinajstić information content (AvgIpc) is 2.38. The van der Waals surface area contributed by atoms with Gasteiger partial charge in [-0.1, -0.05) is 11.6 Å². The molecule has 2 aromatic rings. The third-order valence-electron chi connectivity index (χ3n) is 2.38. The molecule has 0 unspecified atom stereocenters. The molecule has 6 nitrogen and oxygen atoms in total. The third-order valence-corrected chi connectivity index (χ3v) is 2.59. The normalized spacial score (nSPS) is 10.1. The number of nitrogens with zero attached hydrogens (tertiary/aromatic N) is 2. The van der Waals surface area contributed by atoms with Gasteiger partial charge in [0, 0.05) is 18.0 Å². The quantitative estimate of drug-likeness (QED) is 0.536. The number of amides is 1. The second-order valence-corrected chi connectivity index (χ2v) is 4.13. The smallest absolute Gasteiger partial charge is 0.282 e. The largest absolute Gasteiger partial charge is 0.322 e. The molecule has 1 N–H and O–H groups in total. The number of rotatable bonds is 3. The number of hydrogen-bond donors (Lipinski definition) is 1. The lowest BCUT2D eigenvalue weighted by molar-refractivity contribution is -0.385. The Balaban J connectivity index is 2.34. The molecule has 0 radical (unpaired) electrons. The number of nitro benzene ring substituents is 1. The van der Waals surface area contributed by atoms with Gasteiger partial charge in [0.1, 0.15) is 16.5 Å². The average molecular weight is 296 g/mol. The second kappa shape index (κ2) is 5.62. The number of nitrogens with one attached hydrogen (secondary N) is 1. The number of hydrogen-bond acceptors (Lipinski definition) is 4. The van der Waals surface area contributed by atoms with Crippen LogP contribution in [0.5, 0.6) is 0 Å². The van der Waals surface area contributed by atoms with Crippen LogP contribution in [-0.4, -0.2) is 15.8 Å². The van der Waals surface area contributed by atoms with Crippen LogP contribution in [0.1, 0.15) is 10.4 Å². The zero-order valence-corrected chi connectivity index (χ0v) is 10.6. The van der Waals surface area contributed by atoms with Crippen molar-refractivity contribution >= 4 is 28.9 Å². The Morgan fingerprint density at radius 2 is 2.10 bits per heavy atom. The standard InChI is InChI=1S/C12H7ClFN3O3/c13-11-6-8(3-4-15-11)16-12(18)9-5-7(14)1-2-10(9)17(19)20/h1-6H,(H,15,16,18). The minimum absolute atomic E-state index is 0.150. The second-order valence-electron chi connectivity index (χ2n) is 3.74. The summed E-state index contributed by atoms with van der Waals surface area (Å²) in [6.45, 7) is 0. The highest BCUT2D eigenvalue weighted by molar-refractivity contribution is 6.29. The van der Waals surface area contributed by atoms with E-state index in [-0.39, 0.29) is 10.7 Å². The summed E-state index contributed by atoms with van der Waals surface area (Å²) in [6.07, 6.45) is 1.36. The molecule has 0 fully saturated rings. The number of carbonyl (C=O) groups excluding carboxylic acids is 1. The summed E-state index contributed by atoms with van der Waals surface area (Å²) >= 11 is 5.65. The van der Waals surface area contributed by atoms with E-state index in [9.17, 15) is 19.3 Å². The van der Waals surface area contributed by atoms with E-state index in [2.05, 4.69) is 10.3 Å². The lowest BCUT2D eigenvalue weighted by Gasteiger charge is -2.06. The molecule has 2 rings (SSSR count). The number of carbonyl (C=O) groups is 1. The molecule has 20 heavy (non-hydrogen) atoms. The summed E-state index contributed by atoms with van der Waals surface area (Å²) in [5.74, 6) is -1.55. The summed E-state index contributed by atoms with van der Waals surface area (Å²) in [5.41, 5.74) is -0.555. The van der Waals surface area contributed by atoms with Crippen LogP contribution in [0.4, 0.5) is 15.8 Å². The van der Waals surface area contributed by atoms with Crippen molar-refractivity contribution in [1.82, 2.24) is 4.98 Å². The maximum atomic E-state index is 13.1. The van der Waals surface area contributed by atoms with E-state index in [1.54, 1.807) is 0 Å². The predicted octanol–water partition coefficient (Wildman–Crippen LogP) is 3.03. The number of halogens is 2. The number of aromatic nitrogens is 1. The zero-order valence-electron chi connectivity index (χ0n) is 9.84. The molecule has 0 aliphatic heterocycles. The molecule has 0 bridgehead atoms. The Morgan fingerprint density at radius 3 is 2.75 bits per heavy atom. The topological polar surface area (TPSA) is 85.1 Å². The van der Waals surface area contributed by atoms with Crippen LogP contribution in [0.15, 0.2) is 36.5 Å². The molecular formula is C12H7ClFN3O3. The molecule has 1 amide bonds. The first-order valence-corrected chi connectivity index (χ1v) is 5.72. The van der Waals surface area contributed by atoms with E-state index in [1.165, 1.54) is 18.3 Å². The van der Waals surface area contributed by atoms with Gasteiger partial charge in [-0.25, -0.2) is 9.37 Å². The Morgan fingerprint density at radius 1 is 1.35 bits per heavy atom. The fourth-order valence-corrected chi connectivity index (χ4v) is 1.70. The summed E-state index contributed by atoms with van der Waals surface area (Å²) in [7, 11) is 0. The van der Waals surface area contributed by atoms with Gasteiger partial charge in [-0.15, -0.1) is 0 Å². The van der Waals surface area contributed by atoms with Crippen LogP contribution < -0.4 is 5.32 Å². The van der Waals surface area contributed by atoms with Crippen molar-refractivity contribution in [2.45, 2.75) is 0 Å². The minimum Gasteiger partial charge on any atom is -0.322 e. The van der Waals surface area contributed by atoms with Gasteiger partial charge in [0.25, 0.3) is 11.6 Å². The van der Waals surface area contributed by atoms with Crippen LogP contribution >= 0.6 is 11.6 Å². The van der Waals surface area contributed by atoms with Crippen molar-refractivity contribution in [3.8, 4) is 0 Å². The summed E-state index contributed by atoms with van der Waals surface area (Å²) in [6, 6.07) is 5.47. The van der Waals surface area contributed by atoms with Crippen LogP contribution in [0.25, 0.3) is 0 Å². The van der Waals surface area contributed by atoms with Gasteiger partial charge in [-0.2, -0.15) is 0 Å². The minimum atomic E-state index is -0.807. The molecule has 0 atom stereocenters. The van der Waals surface area contributed by atoms with Gasteiger partial charge in [0.15, 0.2) is 0 Å². The van der Waals surface area contributed by atoms with Crippen LogP contribution in [0.3, 0.4) is 0 Å². The number of pyridine rings is 1. The SMILES string of the molecule is O=C(Nc1ccnc(Cl)c1)c1cc(F)ccc1[N+](=O)[O-]. The van der Waals surface area contributed by atoms with E-state index in [0.717, 1.165) is 18.2 Å². The van der Waals surface area contributed by atoms with E-state index in [0.29, 0.717) is 5.69 Å². The van der Waals surface area contributed by atoms with E-state index >= 15 is 0 Å². The first-order chi connectivity index (χ1) is 9.47. The van der Waals surface area contributed by atoms with Crippen LogP contribution in [-0.2, 0) is 0 Å². The highest BCUT2D eigenvalue weighted by Crippen LogP contribution is 2.21. The predicted molar refractivity (Wildman–Crippen MR) is 70.3 cm³/mol. The Bertz CT molecular complexity index is 693. The summed E-state index contributed by atoms with van der Waals surface area (Å²) in [4.78, 5) is 25.7. The Hall–Kier alpha value is -2.54. The van der Waals surface area contributed by atoms with Crippen LogP contribution in [0.2, 0.25) is 5.15 Å². The van der Waals surface area contributed by atoms with Crippen molar-refractivity contribution in [3.05, 3.63) is 63.2 Å². The first-order valence-electron chi connectivity index (χ1n) is 5.34. The fraction of sp³-hybridized carbons (Fsp3) is 0. The number of benzene rings is 1. The van der Waals surface area contributed by atoms with Gasteiger partial charge in [-0.05, 0) is 24.3 Å². The molecule has 1 heterocycles. The van der Waals surface area contributed by atoms with Gasteiger partial charge in [0.05, 0.1) is 4.92 Å². The van der Waals surface area contributed by atoms with Gasteiger partial charge in [0.2, 0.25) is 0 Å². The molecule has 102 valence electrons. The van der Waals surface area contributed by atoms with E-state index in [1.807, 2.05) is 0 Å². The van der Waals surface area contributed by atoms with Crippen molar-refractivity contribution in [2.75, 3.05) is 5.32 Å². The Kier molecular flexibility index (Phi) is 3.90. The molecule has 0 aliphatic carbocycles. The molecule has 0 saturated carbocycles. The van der Waals surface area contributed by atoms with Gasteiger partial charge >= 0.3 is 0 Å². The van der Waals surface area contributed by atoms with Crippen molar-refractivity contribution in [1.29, 1.82) is 0 Å². The maximum absolute atomic E-state index is 13.1. The number of nitro groups is 1. The van der Waals surface area contributed by atoms with E-state index < -0.39 is 22.3 Å². The zero-order chi connectivity index (χ0) is 14.7. The van der Waals surface area contributed by atoms with Crippen LogP contribution in [0, 0.1) is 15.9 Å². The molecular weight excluding hydrogens is 289 g/mol. The highest BCUT2D eigenvalue weighted by Gasteiger charge is 2.21. The summed E-state index contributed by atoms with van der Waals surface area (Å²) < 4.78 is 13.1. The molecule has 1 aromatic carbocycles. The lowest BCUT2D eigenvalue weighted by Crippen LogP contribution is -2.14. The van der Waals surface area contributed by atoms with Crippen molar-refractivity contribution in [3.63, 3.8) is 0 Å². The molecule has 0 aliphatic rings. The monoisotopic (exact) mass is 295 g/mol. The molecule has 8 heteroatoms. The maximum Gasteiger partial charge on any atom is 0.282 e. The van der Waals surface area contributed by atoms with Crippen molar-refractivity contribution < 1.29 is 14.1 Å². The first kappa shape index (κ1) is 13.9. The molecule has 1 aromatic heterocycles. The summed E-state index contributed by atoms with van der Waals surface area (Å²) in [5, 5.41) is 13.4. The molecule has 0 saturated heterocycles. The Labute approximate surface area is 117 Å². The molecule has 0 spiro atoms. The lowest BCUT2D eigenvalue weighted by atomic mass is 10.1. The third kappa shape index (κ3) is 3.07. The van der Waals surface area contributed by atoms with E-state index in [4.69, 9.17) is 11.6 Å². The van der Waals surface area contributed by atoms with Gasteiger partial charge in [-0.3, -0.25) is 14.9 Å². The highest BCUT2D eigenvalue weighted by atomic mass is 35.5. The fourth-order valence-electron chi connectivity index (χ4n) is 1.53. The van der Waals surface area contributed by atoms with Crippen molar-refractivity contribution in [2.24, 2.45) is 0 Å². The van der Waals surface area contributed by atoms with Gasteiger partial charge < -0.3 is 5.32 Å².